The maximum Gasteiger partial charge on any atom is 0.252 e. The molecular weight excluding hydrogens is 204 g/mol. The van der Waals surface area contributed by atoms with Crippen molar-refractivity contribution in [2.45, 2.75) is 19.1 Å². The number of nitrogens with two attached hydrogens (primary N) is 1. The molecule has 2 unspecified atom stereocenters. The molecule has 6 heteroatoms. The molecule has 2 atom stereocenters. The van der Waals surface area contributed by atoms with E-state index in [1.165, 1.54) is 0 Å². The Kier molecular flexibility index (Phi) is 4.24. The monoisotopic (exact) mass is 218 g/mol. The molecule has 0 saturated carbocycles. The number of carbonyl (C=O) groups excluding carboxylic acids is 1. The standard InChI is InChI=1S/C8H14N2O3S/c1-5(7(9)14)10-8(11)6-4-12-2-3-13-6/h5-6H,2-4H2,1H3,(H2,9,14)(H,10,11). The Morgan fingerprint density at radius 1 is 1.64 bits per heavy atom. The molecule has 80 valence electrons. The van der Waals surface area contributed by atoms with Crippen LogP contribution in [-0.2, 0) is 14.3 Å². The van der Waals surface area contributed by atoms with E-state index in [2.05, 4.69) is 5.32 Å². The van der Waals surface area contributed by atoms with Gasteiger partial charge in [-0.15, -0.1) is 0 Å². The van der Waals surface area contributed by atoms with Crippen LogP contribution >= 0.6 is 12.2 Å². The van der Waals surface area contributed by atoms with Crippen molar-refractivity contribution in [3.8, 4) is 0 Å². The first kappa shape index (κ1) is 11.4. The first-order chi connectivity index (χ1) is 6.61. The molecular formula is C8H14N2O3S. The lowest BCUT2D eigenvalue weighted by molar-refractivity contribution is -0.147. The van der Waals surface area contributed by atoms with E-state index in [9.17, 15) is 4.79 Å². The zero-order chi connectivity index (χ0) is 10.6. The summed E-state index contributed by atoms with van der Waals surface area (Å²) in [5, 5.41) is 2.64. The van der Waals surface area contributed by atoms with Crippen LogP contribution in [0.1, 0.15) is 6.92 Å². The van der Waals surface area contributed by atoms with Crippen LogP contribution in [0.15, 0.2) is 0 Å². The van der Waals surface area contributed by atoms with Crippen LogP contribution in [0.25, 0.3) is 0 Å². The van der Waals surface area contributed by atoms with Gasteiger partial charge in [-0.25, -0.2) is 0 Å². The van der Waals surface area contributed by atoms with Gasteiger partial charge in [-0.3, -0.25) is 4.79 Å². The summed E-state index contributed by atoms with van der Waals surface area (Å²) in [6.45, 7) is 2.99. The van der Waals surface area contributed by atoms with Crippen molar-refractivity contribution in [1.82, 2.24) is 5.32 Å². The van der Waals surface area contributed by atoms with Crippen molar-refractivity contribution in [1.29, 1.82) is 0 Å². The Balaban J connectivity index is 2.36. The minimum atomic E-state index is -0.541. The van der Waals surface area contributed by atoms with Crippen LogP contribution in [0, 0.1) is 0 Å². The maximum atomic E-state index is 11.5. The lowest BCUT2D eigenvalue weighted by atomic mass is 10.2. The third-order valence-corrected chi connectivity index (χ3v) is 2.25. The number of hydrogen-bond acceptors (Lipinski definition) is 4. The van der Waals surface area contributed by atoms with Gasteiger partial charge in [-0.1, -0.05) is 12.2 Å². The molecule has 1 rings (SSSR count). The highest BCUT2D eigenvalue weighted by Crippen LogP contribution is 2.01. The van der Waals surface area contributed by atoms with Crippen molar-refractivity contribution in [3.63, 3.8) is 0 Å². The Morgan fingerprint density at radius 2 is 2.36 bits per heavy atom. The lowest BCUT2D eigenvalue weighted by Crippen LogP contribution is -2.49. The first-order valence-corrected chi connectivity index (χ1v) is 4.81. The number of ether oxygens (including phenoxy) is 2. The molecule has 0 aromatic heterocycles. The number of hydrogen-bond donors (Lipinski definition) is 2. The van der Waals surface area contributed by atoms with Gasteiger partial charge in [-0.05, 0) is 6.92 Å². The molecule has 0 radical (unpaired) electrons. The highest BCUT2D eigenvalue weighted by atomic mass is 32.1. The van der Waals surface area contributed by atoms with E-state index in [0.29, 0.717) is 13.2 Å². The predicted molar refractivity (Wildman–Crippen MR) is 54.9 cm³/mol. The molecule has 3 N–H and O–H groups in total. The SMILES string of the molecule is CC(NC(=O)C1COCCO1)C(N)=S. The zero-order valence-electron chi connectivity index (χ0n) is 7.99. The lowest BCUT2D eigenvalue weighted by Gasteiger charge is -2.23. The summed E-state index contributed by atoms with van der Waals surface area (Å²) >= 11 is 4.73. The highest BCUT2D eigenvalue weighted by molar-refractivity contribution is 7.80. The number of carbonyl (C=O) groups is 1. The third kappa shape index (κ3) is 3.21. The van der Waals surface area contributed by atoms with Crippen LogP contribution in [-0.4, -0.2) is 42.9 Å². The van der Waals surface area contributed by atoms with E-state index in [1.807, 2.05) is 0 Å². The van der Waals surface area contributed by atoms with Gasteiger partial charge in [0.2, 0.25) is 0 Å². The number of rotatable bonds is 3. The van der Waals surface area contributed by atoms with Crippen molar-refractivity contribution < 1.29 is 14.3 Å². The summed E-state index contributed by atoms with van der Waals surface area (Å²) in [6.07, 6.45) is -0.541. The van der Waals surface area contributed by atoms with Gasteiger partial charge in [-0.2, -0.15) is 0 Å². The van der Waals surface area contributed by atoms with E-state index in [1.54, 1.807) is 6.92 Å². The molecule has 1 aliphatic rings. The molecule has 0 bridgehead atoms. The van der Waals surface area contributed by atoms with Crippen molar-refractivity contribution in [3.05, 3.63) is 0 Å². The zero-order valence-corrected chi connectivity index (χ0v) is 8.80. The Labute approximate surface area is 87.9 Å². The maximum absolute atomic E-state index is 11.5. The summed E-state index contributed by atoms with van der Waals surface area (Å²) < 4.78 is 10.3. The van der Waals surface area contributed by atoms with Crippen LogP contribution in [0.3, 0.4) is 0 Å². The largest absolute Gasteiger partial charge is 0.392 e. The Morgan fingerprint density at radius 3 is 2.86 bits per heavy atom. The smallest absolute Gasteiger partial charge is 0.252 e. The van der Waals surface area contributed by atoms with Crippen LogP contribution in [0.5, 0.6) is 0 Å². The molecule has 1 saturated heterocycles. The van der Waals surface area contributed by atoms with Crippen molar-refractivity contribution in [2.24, 2.45) is 5.73 Å². The van der Waals surface area contributed by atoms with E-state index < -0.39 is 6.10 Å². The number of amides is 1. The fraction of sp³-hybridized carbons (Fsp3) is 0.750. The summed E-state index contributed by atoms with van der Waals surface area (Å²) in [5.41, 5.74) is 5.36. The molecule has 5 nitrogen and oxygen atoms in total. The summed E-state index contributed by atoms with van der Waals surface area (Å²) in [4.78, 5) is 11.7. The molecule has 0 aromatic carbocycles. The summed E-state index contributed by atoms with van der Waals surface area (Å²) in [5.74, 6) is -0.231. The average Bonchev–Trinajstić information content (AvgIpc) is 2.19. The quantitative estimate of drug-likeness (QED) is 0.606. The second-order valence-corrected chi connectivity index (χ2v) is 3.54. The minimum absolute atomic E-state index is 0.231. The van der Waals surface area contributed by atoms with Gasteiger partial charge in [0.05, 0.1) is 30.9 Å². The molecule has 1 aliphatic heterocycles. The van der Waals surface area contributed by atoms with Gasteiger partial charge in [0.25, 0.3) is 5.91 Å². The normalized spacial score (nSPS) is 23.9. The molecule has 1 amide bonds. The molecule has 0 spiro atoms. The second kappa shape index (κ2) is 5.23. The topological polar surface area (TPSA) is 73.6 Å². The first-order valence-electron chi connectivity index (χ1n) is 4.40. The molecule has 14 heavy (non-hydrogen) atoms. The fourth-order valence-corrected chi connectivity index (χ4v) is 1.08. The predicted octanol–water partition coefficient (Wildman–Crippen LogP) is -0.807. The van der Waals surface area contributed by atoms with Crippen LogP contribution < -0.4 is 11.1 Å². The van der Waals surface area contributed by atoms with E-state index in [0.717, 1.165) is 0 Å². The highest BCUT2D eigenvalue weighted by Gasteiger charge is 2.23. The summed E-state index contributed by atoms with van der Waals surface area (Å²) in [7, 11) is 0. The van der Waals surface area contributed by atoms with E-state index in [4.69, 9.17) is 27.4 Å². The van der Waals surface area contributed by atoms with Gasteiger partial charge in [0.1, 0.15) is 0 Å². The van der Waals surface area contributed by atoms with Crippen LogP contribution in [0.4, 0.5) is 0 Å². The van der Waals surface area contributed by atoms with Gasteiger partial charge >= 0.3 is 0 Å². The molecule has 1 fully saturated rings. The molecule has 0 aromatic rings. The molecule has 0 aliphatic carbocycles. The van der Waals surface area contributed by atoms with Gasteiger partial charge < -0.3 is 20.5 Å². The number of nitrogens with one attached hydrogen (secondary N) is 1. The van der Waals surface area contributed by atoms with E-state index >= 15 is 0 Å². The Bertz CT molecular complexity index is 229. The summed E-state index contributed by atoms with van der Waals surface area (Å²) in [6, 6.07) is -0.317. The second-order valence-electron chi connectivity index (χ2n) is 3.07. The molecule has 1 heterocycles. The third-order valence-electron chi connectivity index (χ3n) is 1.89. The van der Waals surface area contributed by atoms with Gasteiger partial charge in [0, 0.05) is 0 Å². The average molecular weight is 218 g/mol. The fourth-order valence-electron chi connectivity index (χ4n) is 1.02. The van der Waals surface area contributed by atoms with Crippen molar-refractivity contribution in [2.75, 3.05) is 19.8 Å². The Hall–Kier alpha value is -0.720. The number of thiocarbonyl (C=S) groups is 1. The van der Waals surface area contributed by atoms with E-state index in [-0.39, 0.29) is 23.5 Å². The van der Waals surface area contributed by atoms with Crippen molar-refractivity contribution >= 4 is 23.1 Å². The van der Waals surface area contributed by atoms with Gasteiger partial charge in [0.15, 0.2) is 6.10 Å². The minimum Gasteiger partial charge on any atom is -0.392 e. The van der Waals surface area contributed by atoms with Crippen LogP contribution in [0.2, 0.25) is 0 Å².